The van der Waals surface area contributed by atoms with E-state index in [0.29, 0.717) is 30.7 Å². The van der Waals surface area contributed by atoms with Gasteiger partial charge in [-0.3, -0.25) is 0 Å². The van der Waals surface area contributed by atoms with Crippen molar-refractivity contribution >= 4 is 12.2 Å². The molecule has 2 aliphatic carbocycles. The predicted molar refractivity (Wildman–Crippen MR) is 130 cm³/mol. The Bertz CT molecular complexity index is 1130. The van der Waals surface area contributed by atoms with Crippen LogP contribution in [0.5, 0.6) is 11.5 Å². The first-order chi connectivity index (χ1) is 16.6. The number of carbonyl (C=O) groups is 2. The van der Waals surface area contributed by atoms with E-state index < -0.39 is 18.2 Å². The molecule has 2 amide bonds. The molecule has 3 aliphatic rings. The minimum atomic E-state index is -0.882. The topological polar surface area (TPSA) is 122 Å². The van der Waals surface area contributed by atoms with Crippen LogP contribution in [0.25, 0.3) is 11.1 Å². The van der Waals surface area contributed by atoms with Crippen molar-refractivity contribution in [3.05, 3.63) is 35.7 Å². The number of aromatic nitrogens is 1. The number of hydrogen-bond donors (Lipinski definition) is 2. The number of nitrogens with two attached hydrogens (primary N) is 2. The van der Waals surface area contributed by atoms with Gasteiger partial charge in [-0.1, -0.05) is 32.9 Å². The lowest BCUT2D eigenvalue weighted by atomic mass is 9.83. The average molecular weight is 483 g/mol. The summed E-state index contributed by atoms with van der Waals surface area (Å²) in [6.07, 6.45) is 2.84. The van der Waals surface area contributed by atoms with Crippen molar-refractivity contribution < 1.29 is 23.9 Å². The molecule has 1 aliphatic heterocycles. The normalized spacial score (nSPS) is 20.3. The highest BCUT2D eigenvalue weighted by molar-refractivity contribution is 5.81. The van der Waals surface area contributed by atoms with E-state index in [1.807, 2.05) is 45.0 Å². The van der Waals surface area contributed by atoms with Crippen LogP contribution in [0, 0.1) is 11.3 Å². The largest absolute Gasteiger partial charge is 0.493 e. The van der Waals surface area contributed by atoms with Gasteiger partial charge >= 0.3 is 12.2 Å². The molecular formula is C26H34N4O5. The molecule has 0 radical (unpaired) electrons. The first kappa shape index (κ1) is 23.5. The standard InChI is InChI=1S/C26H34N4O5/c1-26(2,3)23-21-22(34-24(27)31)19(16-8-10-18(11-9-16)33-14-15-4-5-15)20(17-6-7-17)29(21)12-13-30(23)35-25(28)32/h8-11,15,17,23H,4-7,12-14H2,1-3H3,(H2,27,31)(H2,28,32). The van der Waals surface area contributed by atoms with Gasteiger partial charge in [-0.05, 0) is 54.7 Å². The zero-order chi connectivity index (χ0) is 24.9. The molecule has 0 bridgehead atoms. The second kappa shape index (κ2) is 8.78. The molecule has 0 saturated heterocycles. The van der Waals surface area contributed by atoms with E-state index in [1.165, 1.54) is 12.8 Å². The predicted octanol–water partition coefficient (Wildman–Crippen LogP) is 4.69. The van der Waals surface area contributed by atoms with Gasteiger partial charge in [0, 0.05) is 23.7 Å². The Labute approximate surface area is 205 Å². The molecule has 188 valence electrons. The Morgan fingerprint density at radius 1 is 0.971 bits per heavy atom. The van der Waals surface area contributed by atoms with Gasteiger partial charge < -0.3 is 30.3 Å². The van der Waals surface area contributed by atoms with Crippen molar-refractivity contribution in [1.82, 2.24) is 9.63 Å². The molecule has 0 spiro atoms. The zero-order valence-electron chi connectivity index (χ0n) is 20.6. The lowest BCUT2D eigenvalue weighted by Crippen LogP contribution is -2.46. The third-order valence-corrected chi connectivity index (χ3v) is 6.91. The van der Waals surface area contributed by atoms with Gasteiger partial charge in [-0.2, -0.15) is 0 Å². The van der Waals surface area contributed by atoms with Crippen molar-refractivity contribution in [2.24, 2.45) is 22.8 Å². The molecule has 2 heterocycles. The van der Waals surface area contributed by atoms with E-state index in [4.69, 9.17) is 25.8 Å². The number of fused-ring (bicyclic) bond motifs is 1. The molecule has 2 fully saturated rings. The Hall–Kier alpha value is -3.20. The van der Waals surface area contributed by atoms with Crippen molar-refractivity contribution in [3.63, 3.8) is 0 Å². The van der Waals surface area contributed by atoms with E-state index in [2.05, 4.69) is 4.57 Å². The number of amides is 2. The summed E-state index contributed by atoms with van der Waals surface area (Å²) < 4.78 is 13.9. The number of primary amides is 2. The highest BCUT2D eigenvalue weighted by Crippen LogP contribution is 2.55. The van der Waals surface area contributed by atoms with Crippen LogP contribution in [0.1, 0.15) is 69.8 Å². The average Bonchev–Trinajstić information content (AvgIpc) is 3.70. The number of hydroxylamine groups is 2. The van der Waals surface area contributed by atoms with Gasteiger partial charge in [0.05, 0.1) is 24.9 Å². The molecule has 35 heavy (non-hydrogen) atoms. The summed E-state index contributed by atoms with van der Waals surface area (Å²) in [6.45, 7) is 7.93. The van der Waals surface area contributed by atoms with Crippen LogP contribution in [0.2, 0.25) is 0 Å². The third kappa shape index (κ3) is 4.82. The maximum Gasteiger partial charge on any atom is 0.423 e. The molecule has 2 aromatic rings. The fourth-order valence-corrected chi connectivity index (χ4v) is 5.15. The molecule has 1 atom stereocenters. The number of carbonyl (C=O) groups excluding carboxylic acids is 2. The van der Waals surface area contributed by atoms with Crippen LogP contribution in [0.3, 0.4) is 0 Å². The summed E-state index contributed by atoms with van der Waals surface area (Å²) >= 11 is 0. The maximum absolute atomic E-state index is 12.1. The SMILES string of the molecule is CC(C)(C)C1c2c(OC(N)=O)c(-c3ccc(OCC4CC4)cc3)c(C3CC3)n2CCN1OC(N)=O. The van der Waals surface area contributed by atoms with Gasteiger partial charge in [0.2, 0.25) is 0 Å². The smallest absolute Gasteiger partial charge is 0.423 e. The summed E-state index contributed by atoms with van der Waals surface area (Å²) in [4.78, 5) is 29.2. The Kier molecular flexibility index (Phi) is 5.91. The first-order valence-electron chi connectivity index (χ1n) is 12.3. The first-order valence-corrected chi connectivity index (χ1v) is 12.3. The Morgan fingerprint density at radius 2 is 1.66 bits per heavy atom. The molecule has 9 heteroatoms. The number of benzene rings is 1. The molecule has 1 aromatic heterocycles. The van der Waals surface area contributed by atoms with Crippen LogP contribution < -0.4 is 20.9 Å². The van der Waals surface area contributed by atoms with Crippen molar-refractivity contribution in [2.45, 2.75) is 65.0 Å². The van der Waals surface area contributed by atoms with Crippen LogP contribution in [-0.2, 0) is 11.4 Å². The Morgan fingerprint density at radius 3 is 2.20 bits per heavy atom. The van der Waals surface area contributed by atoms with E-state index >= 15 is 0 Å². The van der Waals surface area contributed by atoms with Crippen molar-refractivity contribution in [3.8, 4) is 22.6 Å². The quantitative estimate of drug-likeness (QED) is 0.590. The highest BCUT2D eigenvalue weighted by Gasteiger charge is 2.46. The number of hydrogen-bond acceptors (Lipinski definition) is 6. The minimum absolute atomic E-state index is 0.365. The third-order valence-electron chi connectivity index (χ3n) is 6.91. The van der Waals surface area contributed by atoms with Crippen LogP contribution in [-0.4, -0.2) is 35.0 Å². The van der Waals surface area contributed by atoms with Crippen molar-refractivity contribution in [1.29, 1.82) is 0 Å². The van der Waals surface area contributed by atoms with Crippen LogP contribution in [0.4, 0.5) is 9.59 Å². The fraction of sp³-hybridized carbons (Fsp3) is 0.538. The van der Waals surface area contributed by atoms with Gasteiger partial charge in [0.1, 0.15) is 5.75 Å². The van der Waals surface area contributed by atoms with Gasteiger partial charge in [0.15, 0.2) is 5.75 Å². The maximum atomic E-state index is 12.1. The molecule has 2 saturated carbocycles. The van der Waals surface area contributed by atoms with Crippen LogP contribution >= 0.6 is 0 Å². The van der Waals surface area contributed by atoms with Crippen LogP contribution in [0.15, 0.2) is 24.3 Å². The summed E-state index contributed by atoms with van der Waals surface area (Å²) in [5.74, 6) is 2.28. The summed E-state index contributed by atoms with van der Waals surface area (Å²) in [5.41, 5.74) is 14.3. The van der Waals surface area contributed by atoms with Gasteiger partial charge in [0.25, 0.3) is 0 Å². The number of ether oxygens (including phenoxy) is 2. The lowest BCUT2D eigenvalue weighted by molar-refractivity contribution is -0.168. The molecule has 4 N–H and O–H groups in total. The monoisotopic (exact) mass is 482 g/mol. The molecule has 1 aromatic carbocycles. The summed E-state index contributed by atoms with van der Waals surface area (Å²) in [7, 11) is 0. The van der Waals surface area contributed by atoms with E-state index in [9.17, 15) is 9.59 Å². The molecule has 9 nitrogen and oxygen atoms in total. The number of rotatable bonds is 7. The zero-order valence-corrected chi connectivity index (χ0v) is 20.6. The second-order valence-corrected chi connectivity index (χ2v) is 10.9. The fourth-order valence-electron chi connectivity index (χ4n) is 5.15. The van der Waals surface area contributed by atoms with E-state index in [-0.39, 0.29) is 5.41 Å². The Balaban J connectivity index is 1.64. The van der Waals surface area contributed by atoms with Gasteiger partial charge in [-0.25, -0.2) is 9.59 Å². The molecule has 1 unspecified atom stereocenters. The number of nitrogens with zero attached hydrogens (tertiary/aromatic N) is 2. The summed E-state index contributed by atoms with van der Waals surface area (Å²) in [6, 6.07) is 7.54. The second-order valence-electron chi connectivity index (χ2n) is 10.9. The van der Waals surface area contributed by atoms with Crippen molar-refractivity contribution in [2.75, 3.05) is 13.2 Å². The van der Waals surface area contributed by atoms with E-state index in [1.54, 1.807) is 5.06 Å². The lowest BCUT2D eigenvalue weighted by Gasteiger charge is -2.42. The highest BCUT2D eigenvalue weighted by atomic mass is 16.7. The van der Waals surface area contributed by atoms with Gasteiger partial charge in [-0.15, -0.1) is 5.06 Å². The minimum Gasteiger partial charge on any atom is -0.493 e. The van der Waals surface area contributed by atoms with E-state index in [0.717, 1.165) is 47.7 Å². The molecular weight excluding hydrogens is 448 g/mol. The molecule has 5 rings (SSSR count). The summed E-state index contributed by atoms with van der Waals surface area (Å²) in [5, 5.41) is 1.60.